The largest absolute Gasteiger partial charge is 0.497 e. The van der Waals surface area contributed by atoms with Crippen LogP contribution in [0, 0.1) is 0 Å². The van der Waals surface area contributed by atoms with E-state index in [2.05, 4.69) is 5.32 Å². The number of carbonyl (C=O) groups is 2. The Kier molecular flexibility index (Phi) is 3.34. The molecule has 0 aliphatic carbocycles. The molecule has 2 amide bonds. The standard InChI is InChI=1S/C15H18N2O3/c1-20-11-4-6-13-10(9-11)3-2-8-17(13)15(19)12-5-7-14(18)16-12/h4,6,9,12H,2-3,5,7-8H2,1H3,(H,16,18). The Bertz CT molecular complexity index is 556. The van der Waals surface area contributed by atoms with Crippen LogP contribution in [0.25, 0.3) is 0 Å². The highest BCUT2D eigenvalue weighted by molar-refractivity contribution is 6.01. The van der Waals surface area contributed by atoms with Gasteiger partial charge in [-0.05, 0) is 43.0 Å². The Hall–Kier alpha value is -2.04. The van der Waals surface area contributed by atoms with E-state index in [0.717, 1.165) is 29.8 Å². The van der Waals surface area contributed by atoms with E-state index in [-0.39, 0.29) is 17.9 Å². The number of methoxy groups -OCH3 is 1. The Morgan fingerprint density at radius 2 is 2.25 bits per heavy atom. The van der Waals surface area contributed by atoms with Gasteiger partial charge < -0.3 is 15.0 Å². The van der Waals surface area contributed by atoms with Gasteiger partial charge >= 0.3 is 0 Å². The summed E-state index contributed by atoms with van der Waals surface area (Å²) in [6.45, 7) is 0.713. The third kappa shape index (κ3) is 2.24. The van der Waals surface area contributed by atoms with Gasteiger partial charge in [0.2, 0.25) is 11.8 Å². The number of anilines is 1. The van der Waals surface area contributed by atoms with Crippen LogP contribution < -0.4 is 15.0 Å². The van der Waals surface area contributed by atoms with Gasteiger partial charge in [0.1, 0.15) is 11.8 Å². The minimum atomic E-state index is -0.365. The van der Waals surface area contributed by atoms with Gasteiger partial charge in [0.15, 0.2) is 0 Å². The third-order valence-corrected chi connectivity index (χ3v) is 3.96. The number of ether oxygens (including phenoxy) is 1. The topological polar surface area (TPSA) is 58.6 Å². The zero-order valence-electron chi connectivity index (χ0n) is 11.5. The zero-order chi connectivity index (χ0) is 14.1. The van der Waals surface area contributed by atoms with Crippen molar-refractivity contribution in [3.63, 3.8) is 0 Å². The average molecular weight is 274 g/mol. The molecule has 2 aliphatic heterocycles. The second-order valence-corrected chi connectivity index (χ2v) is 5.25. The van der Waals surface area contributed by atoms with Crippen LogP contribution in [-0.4, -0.2) is 31.5 Å². The number of hydrogen-bond acceptors (Lipinski definition) is 3. The number of hydrogen-bond donors (Lipinski definition) is 1. The summed E-state index contributed by atoms with van der Waals surface area (Å²) in [6.07, 6.45) is 2.93. The first kappa shape index (κ1) is 13.0. The van der Waals surface area contributed by atoms with Crippen LogP contribution in [0.3, 0.4) is 0 Å². The van der Waals surface area contributed by atoms with Gasteiger partial charge in [-0.3, -0.25) is 9.59 Å². The van der Waals surface area contributed by atoms with Crippen LogP contribution in [0.2, 0.25) is 0 Å². The third-order valence-electron chi connectivity index (χ3n) is 3.96. The highest BCUT2D eigenvalue weighted by Gasteiger charge is 2.33. The minimum Gasteiger partial charge on any atom is -0.497 e. The summed E-state index contributed by atoms with van der Waals surface area (Å²) < 4.78 is 5.23. The normalized spacial score (nSPS) is 21.4. The van der Waals surface area contributed by atoms with E-state index >= 15 is 0 Å². The first-order valence-electron chi connectivity index (χ1n) is 6.96. The van der Waals surface area contributed by atoms with Gasteiger partial charge in [-0.15, -0.1) is 0 Å². The van der Waals surface area contributed by atoms with Crippen molar-refractivity contribution >= 4 is 17.5 Å². The lowest BCUT2D eigenvalue weighted by atomic mass is 10.0. The van der Waals surface area contributed by atoms with Gasteiger partial charge in [-0.25, -0.2) is 0 Å². The van der Waals surface area contributed by atoms with Gasteiger partial charge in [0, 0.05) is 18.7 Å². The Labute approximate surface area is 117 Å². The van der Waals surface area contributed by atoms with Crippen molar-refractivity contribution in [2.75, 3.05) is 18.6 Å². The van der Waals surface area contributed by atoms with Crippen LogP contribution in [0.4, 0.5) is 5.69 Å². The van der Waals surface area contributed by atoms with Crippen LogP contribution in [-0.2, 0) is 16.0 Å². The molecule has 1 N–H and O–H groups in total. The highest BCUT2D eigenvalue weighted by Crippen LogP contribution is 2.31. The molecule has 1 atom stereocenters. The number of nitrogens with zero attached hydrogens (tertiary/aromatic N) is 1. The molecule has 0 radical (unpaired) electrons. The maximum atomic E-state index is 12.5. The quantitative estimate of drug-likeness (QED) is 0.883. The average Bonchev–Trinajstić information content (AvgIpc) is 2.91. The molecule has 106 valence electrons. The summed E-state index contributed by atoms with van der Waals surface area (Å²) in [5, 5.41) is 2.75. The van der Waals surface area contributed by atoms with Crippen molar-refractivity contribution < 1.29 is 14.3 Å². The van der Waals surface area contributed by atoms with Crippen molar-refractivity contribution in [1.82, 2.24) is 5.32 Å². The second kappa shape index (κ2) is 5.15. The molecule has 2 heterocycles. The highest BCUT2D eigenvalue weighted by atomic mass is 16.5. The number of aryl methyl sites for hydroxylation is 1. The molecule has 0 bridgehead atoms. The maximum Gasteiger partial charge on any atom is 0.249 e. The first-order valence-corrected chi connectivity index (χ1v) is 6.96. The number of amides is 2. The summed E-state index contributed by atoms with van der Waals surface area (Å²) >= 11 is 0. The van der Waals surface area contributed by atoms with E-state index in [1.54, 1.807) is 12.0 Å². The zero-order valence-corrected chi connectivity index (χ0v) is 11.5. The SMILES string of the molecule is COc1ccc2c(c1)CCCN2C(=O)C1CCC(=O)N1. The summed E-state index contributed by atoms with van der Waals surface area (Å²) in [6, 6.07) is 5.43. The Morgan fingerprint density at radius 1 is 1.40 bits per heavy atom. The molecule has 1 aromatic carbocycles. The summed E-state index contributed by atoms with van der Waals surface area (Å²) in [5.41, 5.74) is 2.08. The van der Waals surface area contributed by atoms with Crippen molar-refractivity contribution in [2.45, 2.75) is 31.7 Å². The van der Waals surface area contributed by atoms with Gasteiger partial charge in [0.25, 0.3) is 0 Å². The van der Waals surface area contributed by atoms with Gasteiger partial charge in [-0.2, -0.15) is 0 Å². The lowest BCUT2D eigenvalue weighted by molar-refractivity contribution is -0.124. The fraction of sp³-hybridized carbons (Fsp3) is 0.467. The molecule has 3 rings (SSSR count). The summed E-state index contributed by atoms with van der Waals surface area (Å²) in [5.74, 6) is 0.782. The van der Waals surface area contributed by atoms with Crippen molar-refractivity contribution in [1.29, 1.82) is 0 Å². The molecule has 5 heteroatoms. The number of nitrogens with one attached hydrogen (secondary N) is 1. The van der Waals surface area contributed by atoms with Crippen molar-refractivity contribution in [2.24, 2.45) is 0 Å². The Balaban J connectivity index is 1.86. The monoisotopic (exact) mass is 274 g/mol. The van der Waals surface area contributed by atoms with E-state index in [1.165, 1.54) is 0 Å². The molecule has 1 aromatic rings. The van der Waals surface area contributed by atoms with Gasteiger partial charge in [0.05, 0.1) is 7.11 Å². The molecule has 20 heavy (non-hydrogen) atoms. The molecule has 0 spiro atoms. The predicted octanol–water partition coefficient (Wildman–Crippen LogP) is 1.25. The first-order chi connectivity index (χ1) is 9.69. The van der Waals surface area contributed by atoms with Crippen LogP contribution >= 0.6 is 0 Å². The van der Waals surface area contributed by atoms with Crippen LogP contribution in [0.5, 0.6) is 5.75 Å². The van der Waals surface area contributed by atoms with Gasteiger partial charge in [-0.1, -0.05) is 0 Å². The van der Waals surface area contributed by atoms with E-state index < -0.39 is 0 Å². The molecule has 1 saturated heterocycles. The number of rotatable bonds is 2. The molecular formula is C15H18N2O3. The van der Waals surface area contributed by atoms with E-state index in [4.69, 9.17) is 4.74 Å². The molecule has 1 fully saturated rings. The smallest absolute Gasteiger partial charge is 0.249 e. The number of carbonyl (C=O) groups excluding carboxylic acids is 2. The summed E-state index contributed by atoms with van der Waals surface area (Å²) in [7, 11) is 1.64. The predicted molar refractivity (Wildman–Crippen MR) is 74.8 cm³/mol. The lowest BCUT2D eigenvalue weighted by Crippen LogP contribution is -2.46. The van der Waals surface area contributed by atoms with Crippen LogP contribution in [0.15, 0.2) is 18.2 Å². The molecular weight excluding hydrogens is 256 g/mol. The van der Waals surface area contributed by atoms with Crippen molar-refractivity contribution in [3.05, 3.63) is 23.8 Å². The summed E-state index contributed by atoms with van der Waals surface area (Å²) in [4.78, 5) is 25.6. The van der Waals surface area contributed by atoms with Crippen LogP contribution in [0.1, 0.15) is 24.8 Å². The number of fused-ring (bicyclic) bond motifs is 1. The molecule has 1 unspecified atom stereocenters. The van der Waals surface area contributed by atoms with Crippen molar-refractivity contribution in [3.8, 4) is 5.75 Å². The number of benzene rings is 1. The lowest BCUT2D eigenvalue weighted by Gasteiger charge is -2.31. The molecule has 5 nitrogen and oxygen atoms in total. The fourth-order valence-electron chi connectivity index (χ4n) is 2.92. The molecule has 0 aromatic heterocycles. The second-order valence-electron chi connectivity index (χ2n) is 5.25. The Morgan fingerprint density at radius 3 is 2.95 bits per heavy atom. The minimum absolute atomic E-state index is 0.00182. The maximum absolute atomic E-state index is 12.5. The van der Waals surface area contributed by atoms with E-state index in [1.807, 2.05) is 18.2 Å². The molecule has 2 aliphatic rings. The molecule has 0 saturated carbocycles. The van der Waals surface area contributed by atoms with E-state index in [0.29, 0.717) is 19.4 Å². The van der Waals surface area contributed by atoms with E-state index in [9.17, 15) is 9.59 Å². The fourth-order valence-corrected chi connectivity index (χ4v) is 2.92.